The molecule has 2 heterocycles. The first kappa shape index (κ1) is 15.1. The SMILES string of the molecule is CCN1CCN(c2c(Cl)cccc2-c2ccc(C=O)o2)CC1. The first-order valence-electron chi connectivity index (χ1n) is 7.54. The van der Waals surface area contributed by atoms with Crippen LogP contribution in [0, 0.1) is 0 Å². The molecule has 0 aliphatic carbocycles. The Balaban J connectivity index is 1.95. The minimum absolute atomic E-state index is 0.330. The van der Waals surface area contributed by atoms with E-state index in [0.29, 0.717) is 22.8 Å². The van der Waals surface area contributed by atoms with Crippen molar-refractivity contribution in [1.82, 2.24) is 4.90 Å². The molecule has 3 rings (SSSR count). The fourth-order valence-corrected chi connectivity index (χ4v) is 3.18. The Morgan fingerprint density at radius 2 is 1.95 bits per heavy atom. The van der Waals surface area contributed by atoms with E-state index in [1.165, 1.54) is 0 Å². The number of hydrogen-bond acceptors (Lipinski definition) is 4. The zero-order chi connectivity index (χ0) is 15.5. The number of nitrogens with zero attached hydrogens (tertiary/aromatic N) is 2. The van der Waals surface area contributed by atoms with Crippen LogP contribution in [0.4, 0.5) is 5.69 Å². The summed E-state index contributed by atoms with van der Waals surface area (Å²) in [5.41, 5.74) is 1.93. The Morgan fingerprint density at radius 1 is 1.18 bits per heavy atom. The van der Waals surface area contributed by atoms with Gasteiger partial charge in [0.2, 0.25) is 0 Å². The Bertz CT molecular complexity index is 660. The van der Waals surface area contributed by atoms with Crippen molar-refractivity contribution in [2.45, 2.75) is 6.92 Å². The molecular formula is C17H19ClN2O2. The highest BCUT2D eigenvalue weighted by molar-refractivity contribution is 6.34. The van der Waals surface area contributed by atoms with E-state index >= 15 is 0 Å². The number of carbonyl (C=O) groups excluding carboxylic acids is 1. The third-order valence-corrected chi connectivity index (χ3v) is 4.44. The molecule has 0 amide bonds. The van der Waals surface area contributed by atoms with Gasteiger partial charge in [-0.15, -0.1) is 0 Å². The van der Waals surface area contributed by atoms with E-state index in [1.54, 1.807) is 6.07 Å². The van der Waals surface area contributed by atoms with Gasteiger partial charge in [-0.1, -0.05) is 24.6 Å². The van der Waals surface area contributed by atoms with Crippen molar-refractivity contribution in [1.29, 1.82) is 0 Å². The summed E-state index contributed by atoms with van der Waals surface area (Å²) in [6.45, 7) is 7.18. The maximum absolute atomic E-state index is 10.8. The number of hydrogen-bond donors (Lipinski definition) is 0. The van der Waals surface area contributed by atoms with Gasteiger partial charge in [-0.05, 0) is 30.8 Å². The lowest BCUT2D eigenvalue weighted by molar-refractivity contribution is 0.110. The van der Waals surface area contributed by atoms with Gasteiger partial charge in [-0.3, -0.25) is 4.79 Å². The highest BCUT2D eigenvalue weighted by Gasteiger charge is 2.22. The fourth-order valence-electron chi connectivity index (χ4n) is 2.88. The average Bonchev–Trinajstić information content (AvgIpc) is 3.04. The minimum atomic E-state index is 0.330. The maximum Gasteiger partial charge on any atom is 0.185 e. The van der Waals surface area contributed by atoms with E-state index in [-0.39, 0.29) is 0 Å². The summed E-state index contributed by atoms with van der Waals surface area (Å²) in [5.74, 6) is 1.01. The predicted molar refractivity (Wildman–Crippen MR) is 88.9 cm³/mol. The second-order valence-corrected chi connectivity index (χ2v) is 5.78. The standard InChI is InChI=1S/C17H19ClN2O2/c1-2-19-8-10-20(11-9-19)17-14(4-3-5-15(17)18)16-7-6-13(12-21)22-16/h3-7,12H,2,8-11H2,1H3. The molecule has 1 fully saturated rings. The molecule has 0 radical (unpaired) electrons. The number of benzene rings is 1. The third-order valence-electron chi connectivity index (χ3n) is 4.13. The highest BCUT2D eigenvalue weighted by Crippen LogP contribution is 2.38. The summed E-state index contributed by atoms with van der Waals surface area (Å²) in [7, 11) is 0. The van der Waals surface area contributed by atoms with Gasteiger partial charge in [-0.2, -0.15) is 0 Å². The van der Waals surface area contributed by atoms with E-state index in [1.807, 2.05) is 24.3 Å². The number of rotatable bonds is 4. The summed E-state index contributed by atoms with van der Waals surface area (Å²) in [4.78, 5) is 15.6. The van der Waals surface area contributed by atoms with Gasteiger partial charge in [0.25, 0.3) is 0 Å². The molecule has 22 heavy (non-hydrogen) atoms. The minimum Gasteiger partial charge on any atom is -0.453 e. The summed E-state index contributed by atoms with van der Waals surface area (Å²) in [6, 6.07) is 9.30. The van der Waals surface area contributed by atoms with Gasteiger partial charge in [0.1, 0.15) is 5.76 Å². The van der Waals surface area contributed by atoms with Crippen molar-refractivity contribution in [2.24, 2.45) is 0 Å². The summed E-state index contributed by atoms with van der Waals surface area (Å²) >= 11 is 6.46. The number of anilines is 1. The van der Waals surface area contributed by atoms with Crippen LogP contribution < -0.4 is 4.90 Å². The average molecular weight is 319 g/mol. The number of carbonyl (C=O) groups is 1. The predicted octanol–water partition coefficient (Wildman–Crippen LogP) is 3.55. The largest absolute Gasteiger partial charge is 0.453 e. The van der Waals surface area contributed by atoms with Crippen molar-refractivity contribution in [3.8, 4) is 11.3 Å². The van der Waals surface area contributed by atoms with Crippen LogP contribution in [0.15, 0.2) is 34.7 Å². The van der Waals surface area contributed by atoms with E-state index in [4.69, 9.17) is 16.0 Å². The van der Waals surface area contributed by atoms with Crippen molar-refractivity contribution in [2.75, 3.05) is 37.6 Å². The quantitative estimate of drug-likeness (QED) is 0.808. The van der Waals surface area contributed by atoms with E-state index in [2.05, 4.69) is 16.7 Å². The van der Waals surface area contributed by atoms with E-state index in [0.717, 1.165) is 44.0 Å². The number of aldehydes is 1. The molecule has 5 heteroatoms. The Labute approximate surface area is 135 Å². The van der Waals surface area contributed by atoms with Crippen LogP contribution in [0.5, 0.6) is 0 Å². The van der Waals surface area contributed by atoms with Gasteiger partial charge in [-0.25, -0.2) is 0 Å². The number of furan rings is 1. The van der Waals surface area contributed by atoms with Crippen LogP contribution in [-0.4, -0.2) is 43.9 Å². The Hall–Kier alpha value is -1.78. The van der Waals surface area contributed by atoms with Gasteiger partial charge >= 0.3 is 0 Å². The second-order valence-electron chi connectivity index (χ2n) is 5.38. The number of likely N-dealkylation sites (N-methyl/N-ethyl adjacent to an activating group) is 1. The van der Waals surface area contributed by atoms with Gasteiger partial charge in [0, 0.05) is 31.7 Å². The fraction of sp³-hybridized carbons (Fsp3) is 0.353. The molecule has 0 N–H and O–H groups in total. The van der Waals surface area contributed by atoms with E-state index < -0.39 is 0 Å². The molecule has 1 aliphatic rings. The number of halogens is 1. The van der Waals surface area contributed by atoms with Gasteiger partial charge < -0.3 is 14.2 Å². The summed E-state index contributed by atoms with van der Waals surface area (Å²) in [5, 5.41) is 0.714. The zero-order valence-corrected chi connectivity index (χ0v) is 13.3. The van der Waals surface area contributed by atoms with Crippen LogP contribution >= 0.6 is 11.6 Å². The molecule has 0 saturated carbocycles. The molecule has 1 aliphatic heterocycles. The summed E-state index contributed by atoms with van der Waals surface area (Å²) < 4.78 is 5.58. The first-order chi connectivity index (χ1) is 10.7. The molecule has 1 saturated heterocycles. The lowest BCUT2D eigenvalue weighted by Gasteiger charge is -2.36. The zero-order valence-electron chi connectivity index (χ0n) is 12.6. The summed E-state index contributed by atoms with van der Waals surface area (Å²) in [6.07, 6.45) is 0.716. The van der Waals surface area contributed by atoms with Crippen LogP contribution in [0.3, 0.4) is 0 Å². The molecule has 116 valence electrons. The molecule has 1 aromatic heterocycles. The van der Waals surface area contributed by atoms with Crippen LogP contribution in [0.2, 0.25) is 5.02 Å². The molecule has 1 aromatic carbocycles. The number of para-hydroxylation sites is 1. The van der Waals surface area contributed by atoms with Crippen LogP contribution in [0.25, 0.3) is 11.3 Å². The molecule has 4 nitrogen and oxygen atoms in total. The Morgan fingerprint density at radius 3 is 2.59 bits per heavy atom. The van der Waals surface area contributed by atoms with E-state index in [9.17, 15) is 4.79 Å². The van der Waals surface area contributed by atoms with Gasteiger partial charge in [0.05, 0.1) is 10.7 Å². The number of piperazine rings is 1. The third kappa shape index (κ3) is 2.89. The Kier molecular flexibility index (Phi) is 4.50. The molecule has 2 aromatic rings. The topological polar surface area (TPSA) is 36.7 Å². The monoisotopic (exact) mass is 318 g/mol. The normalized spacial score (nSPS) is 16.0. The molecule has 0 spiro atoms. The molecule has 0 bridgehead atoms. The maximum atomic E-state index is 10.8. The molecular weight excluding hydrogens is 300 g/mol. The van der Waals surface area contributed by atoms with Crippen LogP contribution in [-0.2, 0) is 0 Å². The van der Waals surface area contributed by atoms with Crippen molar-refractivity contribution >= 4 is 23.6 Å². The molecule has 0 atom stereocenters. The first-order valence-corrected chi connectivity index (χ1v) is 7.92. The van der Waals surface area contributed by atoms with Crippen molar-refractivity contribution < 1.29 is 9.21 Å². The smallest absolute Gasteiger partial charge is 0.185 e. The lowest BCUT2D eigenvalue weighted by Crippen LogP contribution is -2.46. The lowest BCUT2D eigenvalue weighted by atomic mass is 10.1. The highest BCUT2D eigenvalue weighted by atomic mass is 35.5. The van der Waals surface area contributed by atoms with Gasteiger partial charge in [0.15, 0.2) is 12.0 Å². The second kappa shape index (κ2) is 6.55. The molecule has 0 unspecified atom stereocenters. The van der Waals surface area contributed by atoms with Crippen LogP contribution in [0.1, 0.15) is 17.5 Å². The van der Waals surface area contributed by atoms with Crippen molar-refractivity contribution in [3.05, 3.63) is 41.1 Å². The van der Waals surface area contributed by atoms with Crippen molar-refractivity contribution in [3.63, 3.8) is 0 Å².